The molecule has 8 heteroatoms. The number of halogens is 3. The molecule has 0 aliphatic carbocycles. The lowest BCUT2D eigenvalue weighted by atomic mass is 9.93. The van der Waals surface area contributed by atoms with E-state index in [0.29, 0.717) is 19.4 Å². The third-order valence-electron chi connectivity index (χ3n) is 3.82. The van der Waals surface area contributed by atoms with E-state index < -0.39 is 23.8 Å². The quantitative estimate of drug-likeness (QED) is 0.823. The van der Waals surface area contributed by atoms with Crippen LogP contribution in [-0.2, 0) is 0 Å². The van der Waals surface area contributed by atoms with Crippen LogP contribution in [0.2, 0.25) is 5.28 Å². The van der Waals surface area contributed by atoms with Gasteiger partial charge in [0.1, 0.15) is 22.8 Å². The van der Waals surface area contributed by atoms with Crippen molar-refractivity contribution in [3.05, 3.63) is 29.1 Å². The molecule has 0 amide bonds. The molecule has 1 fully saturated rings. The molecule has 1 saturated heterocycles. The Morgan fingerprint density at radius 1 is 1.32 bits per heavy atom. The molecule has 3 rings (SSSR count). The molecule has 1 aliphatic rings. The highest BCUT2D eigenvalue weighted by molar-refractivity contribution is 6.28. The molecule has 1 unspecified atom stereocenters. The number of aliphatic hydroxyl groups is 2. The topological polar surface area (TPSA) is 69.5 Å². The molecule has 22 heavy (non-hydrogen) atoms. The highest BCUT2D eigenvalue weighted by Gasteiger charge is 2.34. The van der Waals surface area contributed by atoms with Crippen LogP contribution in [0.4, 0.5) is 14.6 Å². The largest absolute Gasteiger partial charge is 0.393 e. The molecule has 0 bridgehead atoms. The number of aliphatic hydroxyl groups excluding tert-OH is 1. The van der Waals surface area contributed by atoms with Crippen LogP contribution < -0.4 is 4.90 Å². The standard InChI is InChI=1S/C14H14ClF2N3O2/c15-13-18-11-9(4-8(16)5-10(11)17)12(19-13)20-3-1-2-14(22,6-20)7-21/h4-5,21-22H,1-3,6-7H2. The van der Waals surface area contributed by atoms with Crippen LogP contribution in [-0.4, -0.2) is 45.5 Å². The number of β-amino-alcohol motifs (C(OH)–C–C–N with tert-alkyl or cyclic N) is 1. The summed E-state index contributed by atoms with van der Waals surface area (Å²) in [5.41, 5.74) is -1.34. The predicted molar refractivity (Wildman–Crippen MR) is 77.9 cm³/mol. The van der Waals surface area contributed by atoms with E-state index in [9.17, 15) is 19.0 Å². The second-order valence-electron chi connectivity index (χ2n) is 5.51. The van der Waals surface area contributed by atoms with Crippen LogP contribution in [0.3, 0.4) is 0 Å². The zero-order chi connectivity index (χ0) is 15.9. The minimum atomic E-state index is -1.27. The van der Waals surface area contributed by atoms with E-state index in [2.05, 4.69) is 9.97 Å². The Morgan fingerprint density at radius 2 is 2.09 bits per heavy atom. The molecule has 5 nitrogen and oxygen atoms in total. The molecule has 2 heterocycles. The second kappa shape index (κ2) is 5.57. The Labute approximate surface area is 130 Å². The first-order valence-electron chi connectivity index (χ1n) is 6.82. The van der Waals surface area contributed by atoms with E-state index in [1.54, 1.807) is 4.90 Å². The van der Waals surface area contributed by atoms with Crippen LogP contribution in [0.1, 0.15) is 12.8 Å². The fraction of sp³-hybridized carbons (Fsp3) is 0.429. The van der Waals surface area contributed by atoms with Crippen molar-refractivity contribution >= 4 is 28.3 Å². The van der Waals surface area contributed by atoms with Crippen molar-refractivity contribution in [3.8, 4) is 0 Å². The number of piperidine rings is 1. The van der Waals surface area contributed by atoms with Gasteiger partial charge in [0.2, 0.25) is 5.28 Å². The normalized spacial score (nSPS) is 22.3. The lowest BCUT2D eigenvalue weighted by Gasteiger charge is -2.39. The van der Waals surface area contributed by atoms with Gasteiger partial charge in [-0.2, -0.15) is 4.98 Å². The number of hydrogen-bond acceptors (Lipinski definition) is 5. The van der Waals surface area contributed by atoms with Gasteiger partial charge in [-0.3, -0.25) is 0 Å². The molecule has 1 aromatic heterocycles. The summed E-state index contributed by atoms with van der Waals surface area (Å²) in [7, 11) is 0. The molecule has 2 N–H and O–H groups in total. The molecule has 118 valence electrons. The summed E-state index contributed by atoms with van der Waals surface area (Å²) in [4.78, 5) is 9.52. The molecule has 1 aromatic carbocycles. The monoisotopic (exact) mass is 329 g/mol. The van der Waals surface area contributed by atoms with Crippen LogP contribution in [0.15, 0.2) is 12.1 Å². The third-order valence-corrected chi connectivity index (χ3v) is 3.99. The van der Waals surface area contributed by atoms with Crippen LogP contribution in [0.5, 0.6) is 0 Å². The van der Waals surface area contributed by atoms with E-state index in [1.807, 2.05) is 0 Å². The van der Waals surface area contributed by atoms with Gasteiger partial charge in [0.05, 0.1) is 13.2 Å². The highest BCUT2D eigenvalue weighted by atomic mass is 35.5. The van der Waals surface area contributed by atoms with E-state index in [0.717, 1.165) is 12.1 Å². The SMILES string of the molecule is OCC1(O)CCCN(c2nc(Cl)nc3c(F)cc(F)cc23)C1. The summed E-state index contributed by atoms with van der Waals surface area (Å²) < 4.78 is 27.4. The summed E-state index contributed by atoms with van der Waals surface area (Å²) >= 11 is 5.84. The Bertz CT molecular complexity index is 731. The maximum Gasteiger partial charge on any atom is 0.225 e. The molecule has 2 aromatic rings. The highest BCUT2D eigenvalue weighted by Crippen LogP contribution is 2.32. The van der Waals surface area contributed by atoms with Gasteiger partial charge in [-0.15, -0.1) is 0 Å². The summed E-state index contributed by atoms with van der Waals surface area (Å²) in [5, 5.41) is 19.6. The van der Waals surface area contributed by atoms with E-state index >= 15 is 0 Å². The zero-order valence-corrected chi connectivity index (χ0v) is 12.3. The Kier molecular flexibility index (Phi) is 3.88. The Hall–Kier alpha value is -1.57. The number of anilines is 1. The lowest BCUT2D eigenvalue weighted by Crippen LogP contribution is -2.50. The number of aromatic nitrogens is 2. The molecule has 0 radical (unpaired) electrons. The van der Waals surface area contributed by atoms with Gasteiger partial charge in [0, 0.05) is 18.0 Å². The number of rotatable bonds is 2. The first kappa shape index (κ1) is 15.3. The zero-order valence-electron chi connectivity index (χ0n) is 11.6. The molecule has 1 aliphatic heterocycles. The third kappa shape index (κ3) is 2.71. The smallest absolute Gasteiger partial charge is 0.225 e. The average molecular weight is 330 g/mol. The predicted octanol–water partition coefficient (Wildman–Crippen LogP) is 1.88. The molecule has 1 atom stereocenters. The Morgan fingerprint density at radius 3 is 2.82 bits per heavy atom. The number of nitrogens with zero attached hydrogens (tertiary/aromatic N) is 3. The van der Waals surface area contributed by atoms with Gasteiger partial charge in [-0.05, 0) is 30.5 Å². The maximum atomic E-state index is 13.9. The summed E-state index contributed by atoms with van der Waals surface area (Å²) in [5.74, 6) is -1.32. The van der Waals surface area contributed by atoms with Crippen molar-refractivity contribution in [1.82, 2.24) is 9.97 Å². The second-order valence-corrected chi connectivity index (χ2v) is 5.85. The fourth-order valence-corrected chi connectivity index (χ4v) is 2.94. The number of fused-ring (bicyclic) bond motifs is 1. The summed E-state index contributed by atoms with van der Waals surface area (Å²) in [6.45, 7) is 0.232. The van der Waals surface area contributed by atoms with Gasteiger partial charge in [0.15, 0.2) is 5.82 Å². The van der Waals surface area contributed by atoms with Crippen LogP contribution >= 0.6 is 11.6 Å². The van der Waals surface area contributed by atoms with E-state index in [4.69, 9.17) is 11.6 Å². The molecule has 0 saturated carbocycles. The number of hydrogen-bond donors (Lipinski definition) is 2. The van der Waals surface area contributed by atoms with Gasteiger partial charge in [0.25, 0.3) is 0 Å². The van der Waals surface area contributed by atoms with Crippen LogP contribution in [0.25, 0.3) is 10.9 Å². The molecular formula is C14H14ClF2N3O2. The van der Waals surface area contributed by atoms with Crippen molar-refractivity contribution < 1.29 is 19.0 Å². The van der Waals surface area contributed by atoms with Gasteiger partial charge >= 0.3 is 0 Å². The van der Waals surface area contributed by atoms with Gasteiger partial charge in [-0.1, -0.05) is 0 Å². The summed E-state index contributed by atoms with van der Waals surface area (Å²) in [6.07, 6.45) is 1.05. The molecular weight excluding hydrogens is 316 g/mol. The summed E-state index contributed by atoms with van der Waals surface area (Å²) in [6, 6.07) is 1.87. The van der Waals surface area contributed by atoms with Gasteiger partial charge in [-0.25, -0.2) is 13.8 Å². The number of benzene rings is 1. The first-order valence-corrected chi connectivity index (χ1v) is 7.20. The van der Waals surface area contributed by atoms with E-state index in [-0.39, 0.29) is 28.5 Å². The van der Waals surface area contributed by atoms with Crippen molar-refractivity contribution in [2.75, 3.05) is 24.6 Å². The van der Waals surface area contributed by atoms with Crippen LogP contribution in [0, 0.1) is 11.6 Å². The van der Waals surface area contributed by atoms with Gasteiger partial charge < -0.3 is 15.1 Å². The fourth-order valence-electron chi connectivity index (χ4n) is 2.78. The van der Waals surface area contributed by atoms with Crippen molar-refractivity contribution in [2.24, 2.45) is 0 Å². The maximum absolute atomic E-state index is 13.9. The van der Waals surface area contributed by atoms with Crippen molar-refractivity contribution in [1.29, 1.82) is 0 Å². The molecule has 0 spiro atoms. The first-order chi connectivity index (χ1) is 10.4. The van der Waals surface area contributed by atoms with Crippen molar-refractivity contribution in [3.63, 3.8) is 0 Å². The minimum Gasteiger partial charge on any atom is -0.393 e. The van der Waals surface area contributed by atoms with Crippen molar-refractivity contribution in [2.45, 2.75) is 18.4 Å². The Balaban J connectivity index is 2.14. The average Bonchev–Trinajstić information content (AvgIpc) is 2.47. The van der Waals surface area contributed by atoms with E-state index in [1.165, 1.54) is 0 Å². The minimum absolute atomic E-state index is 0.0745. The lowest BCUT2D eigenvalue weighted by molar-refractivity contribution is -0.0242.